The van der Waals surface area contributed by atoms with Crippen molar-refractivity contribution in [3.8, 4) is 56.2 Å². The van der Waals surface area contributed by atoms with Gasteiger partial charge < -0.3 is 0 Å². The zero-order valence-electron chi connectivity index (χ0n) is 27.2. The summed E-state index contributed by atoms with van der Waals surface area (Å²) in [4.78, 5) is 10.2. The van der Waals surface area contributed by atoms with E-state index < -0.39 is 0 Å². The predicted octanol–water partition coefficient (Wildman–Crippen LogP) is 12.9. The smallest absolute Gasteiger partial charge is 0.160 e. The fourth-order valence-corrected chi connectivity index (χ4v) is 7.58. The first-order valence-corrected chi connectivity index (χ1v) is 17.1. The summed E-state index contributed by atoms with van der Waals surface area (Å²) >= 11 is 0. The molecule has 1 heterocycles. The minimum Gasteiger partial charge on any atom is -0.228 e. The Labute approximate surface area is 290 Å². The molecule has 0 aliphatic heterocycles. The van der Waals surface area contributed by atoms with E-state index in [1.807, 2.05) is 6.07 Å². The van der Waals surface area contributed by atoms with E-state index in [2.05, 4.69) is 176 Å². The molecule has 0 unspecified atom stereocenters. The van der Waals surface area contributed by atoms with Gasteiger partial charge in [0.1, 0.15) is 0 Å². The Kier molecular flexibility index (Phi) is 6.53. The Balaban J connectivity index is 1.05. The van der Waals surface area contributed by atoms with Crippen molar-refractivity contribution in [1.82, 2.24) is 9.97 Å². The molecule has 50 heavy (non-hydrogen) atoms. The molecule has 0 fully saturated rings. The second kappa shape index (κ2) is 11.5. The summed E-state index contributed by atoms with van der Waals surface area (Å²) in [6.45, 7) is 0. The summed E-state index contributed by atoms with van der Waals surface area (Å²) in [5.41, 5.74) is 9.76. The van der Waals surface area contributed by atoms with Gasteiger partial charge in [-0.1, -0.05) is 170 Å². The number of aromatic nitrogens is 2. The van der Waals surface area contributed by atoms with Crippen LogP contribution in [0, 0.1) is 0 Å². The largest absolute Gasteiger partial charge is 0.228 e. The van der Waals surface area contributed by atoms with Crippen molar-refractivity contribution in [2.75, 3.05) is 0 Å². The molecule has 0 saturated carbocycles. The van der Waals surface area contributed by atoms with Crippen LogP contribution in [0.5, 0.6) is 0 Å². The van der Waals surface area contributed by atoms with Gasteiger partial charge in [0.05, 0.1) is 11.4 Å². The fraction of sp³-hybridized carbons (Fsp3) is 0. The molecular weight excluding hydrogens is 605 g/mol. The predicted molar refractivity (Wildman–Crippen MR) is 210 cm³/mol. The molecule has 1 aromatic heterocycles. The maximum atomic E-state index is 5.16. The summed E-state index contributed by atoms with van der Waals surface area (Å²) in [5, 5.41) is 10.2. The van der Waals surface area contributed by atoms with Gasteiger partial charge in [0.25, 0.3) is 0 Å². The van der Waals surface area contributed by atoms with Gasteiger partial charge in [0.2, 0.25) is 0 Å². The SMILES string of the molecule is c1ccc(-c2cc(-c3cccc4ccccc34)nc(-c3ccc(-c4cccc(-c5ccc6ccc7cccc8ccc5c6c78)c4)cc3)n2)cc1. The summed E-state index contributed by atoms with van der Waals surface area (Å²) in [6, 6.07) is 65.1. The minimum atomic E-state index is 0.711. The third-order valence-corrected chi connectivity index (χ3v) is 10.0. The molecular formula is C48H30N2. The van der Waals surface area contributed by atoms with Gasteiger partial charge >= 0.3 is 0 Å². The van der Waals surface area contributed by atoms with E-state index in [4.69, 9.17) is 9.97 Å². The van der Waals surface area contributed by atoms with Gasteiger partial charge in [-0.2, -0.15) is 0 Å². The monoisotopic (exact) mass is 634 g/mol. The molecule has 0 N–H and O–H groups in total. The maximum Gasteiger partial charge on any atom is 0.160 e. The Morgan fingerprint density at radius 1 is 0.280 bits per heavy atom. The lowest BCUT2D eigenvalue weighted by Crippen LogP contribution is -1.96. The maximum absolute atomic E-state index is 5.16. The molecule has 0 saturated heterocycles. The van der Waals surface area contributed by atoms with E-state index in [1.54, 1.807) is 0 Å². The molecule has 0 amide bonds. The van der Waals surface area contributed by atoms with Crippen LogP contribution < -0.4 is 0 Å². The Morgan fingerprint density at radius 2 is 0.880 bits per heavy atom. The fourth-order valence-electron chi connectivity index (χ4n) is 7.58. The van der Waals surface area contributed by atoms with E-state index in [1.165, 1.54) is 59.8 Å². The second-order valence-corrected chi connectivity index (χ2v) is 13.0. The molecule has 0 radical (unpaired) electrons. The Morgan fingerprint density at radius 3 is 1.74 bits per heavy atom. The molecule has 0 bridgehead atoms. The van der Waals surface area contributed by atoms with Crippen molar-refractivity contribution in [3.05, 3.63) is 182 Å². The van der Waals surface area contributed by atoms with Crippen molar-refractivity contribution in [2.24, 2.45) is 0 Å². The van der Waals surface area contributed by atoms with Crippen LogP contribution in [0.1, 0.15) is 0 Å². The lowest BCUT2D eigenvalue weighted by atomic mass is 9.89. The van der Waals surface area contributed by atoms with Crippen LogP contribution in [0.3, 0.4) is 0 Å². The van der Waals surface area contributed by atoms with E-state index in [9.17, 15) is 0 Å². The molecule has 0 atom stereocenters. The van der Waals surface area contributed by atoms with Gasteiger partial charge in [-0.3, -0.25) is 0 Å². The Hall–Kier alpha value is -6.64. The van der Waals surface area contributed by atoms with Crippen molar-refractivity contribution in [2.45, 2.75) is 0 Å². The molecule has 2 heteroatoms. The zero-order chi connectivity index (χ0) is 33.0. The van der Waals surface area contributed by atoms with Gasteiger partial charge in [-0.05, 0) is 77.5 Å². The summed E-state index contributed by atoms with van der Waals surface area (Å²) in [7, 11) is 0. The van der Waals surface area contributed by atoms with Crippen molar-refractivity contribution >= 4 is 43.1 Å². The topological polar surface area (TPSA) is 25.8 Å². The van der Waals surface area contributed by atoms with Gasteiger partial charge in [-0.15, -0.1) is 0 Å². The molecule has 10 rings (SSSR count). The first-order chi connectivity index (χ1) is 24.8. The van der Waals surface area contributed by atoms with Crippen LogP contribution in [0.25, 0.3) is 99.2 Å². The highest BCUT2D eigenvalue weighted by atomic mass is 14.9. The van der Waals surface area contributed by atoms with E-state index >= 15 is 0 Å². The van der Waals surface area contributed by atoms with Crippen LogP contribution in [0.4, 0.5) is 0 Å². The average molecular weight is 635 g/mol. The van der Waals surface area contributed by atoms with Crippen LogP contribution >= 0.6 is 0 Å². The molecule has 10 aromatic rings. The van der Waals surface area contributed by atoms with Crippen molar-refractivity contribution < 1.29 is 0 Å². The number of rotatable bonds is 5. The summed E-state index contributed by atoms with van der Waals surface area (Å²) < 4.78 is 0. The van der Waals surface area contributed by atoms with Crippen LogP contribution in [-0.2, 0) is 0 Å². The van der Waals surface area contributed by atoms with Crippen LogP contribution in [-0.4, -0.2) is 9.97 Å². The van der Waals surface area contributed by atoms with Gasteiger partial charge in [0, 0.05) is 16.7 Å². The quantitative estimate of drug-likeness (QED) is 0.176. The van der Waals surface area contributed by atoms with Gasteiger partial charge in [-0.25, -0.2) is 9.97 Å². The van der Waals surface area contributed by atoms with E-state index in [0.29, 0.717) is 5.82 Å². The lowest BCUT2D eigenvalue weighted by Gasteiger charge is -2.15. The Bertz CT molecular complexity index is 2830. The van der Waals surface area contributed by atoms with Gasteiger partial charge in [0.15, 0.2) is 5.82 Å². The number of fused-ring (bicyclic) bond motifs is 1. The lowest BCUT2D eigenvalue weighted by molar-refractivity contribution is 1.18. The van der Waals surface area contributed by atoms with Crippen molar-refractivity contribution in [3.63, 3.8) is 0 Å². The first kappa shape index (κ1) is 28.4. The highest BCUT2D eigenvalue weighted by Crippen LogP contribution is 2.40. The molecule has 0 spiro atoms. The zero-order valence-corrected chi connectivity index (χ0v) is 27.2. The normalized spacial score (nSPS) is 11.6. The van der Waals surface area contributed by atoms with E-state index in [0.717, 1.165) is 33.6 Å². The summed E-state index contributed by atoms with van der Waals surface area (Å²) in [6.07, 6.45) is 0. The molecule has 0 aliphatic carbocycles. The average Bonchev–Trinajstić information content (AvgIpc) is 3.20. The number of hydrogen-bond donors (Lipinski definition) is 0. The standard InChI is InChI=1S/C48H30N2/c1-2-10-33(11-3-1)44-30-45(42-18-8-12-32-9-4-5-17-40(32)42)50-48(49-44)37-23-19-31(20-24-37)38-15-7-16-39(29-38)41-27-25-36-22-21-34-13-6-14-35-26-28-43(41)47(36)46(34)35/h1-30H. The van der Waals surface area contributed by atoms with Crippen LogP contribution in [0.2, 0.25) is 0 Å². The third kappa shape index (κ3) is 4.73. The number of hydrogen-bond acceptors (Lipinski definition) is 2. The number of nitrogens with zero attached hydrogens (tertiary/aromatic N) is 2. The third-order valence-electron chi connectivity index (χ3n) is 10.0. The number of benzene rings is 9. The second-order valence-electron chi connectivity index (χ2n) is 13.0. The van der Waals surface area contributed by atoms with Crippen LogP contribution in [0.15, 0.2) is 182 Å². The molecule has 0 aliphatic rings. The highest BCUT2D eigenvalue weighted by molar-refractivity contribution is 6.25. The molecule has 2 nitrogen and oxygen atoms in total. The van der Waals surface area contributed by atoms with Crippen molar-refractivity contribution in [1.29, 1.82) is 0 Å². The van der Waals surface area contributed by atoms with E-state index in [-0.39, 0.29) is 0 Å². The summed E-state index contributed by atoms with van der Waals surface area (Å²) in [5.74, 6) is 0.711. The molecule has 9 aromatic carbocycles. The minimum absolute atomic E-state index is 0.711. The highest BCUT2D eigenvalue weighted by Gasteiger charge is 2.15. The molecule has 232 valence electrons. The first-order valence-electron chi connectivity index (χ1n) is 17.1.